The molecule has 20 heavy (non-hydrogen) atoms. The molecule has 110 valence electrons. The van der Waals surface area contributed by atoms with Crippen LogP contribution in [0.5, 0.6) is 0 Å². The smallest absolute Gasteiger partial charge is 0.237 e. The normalized spacial score (nSPS) is 19.5. The Bertz CT molecular complexity index is 460. The van der Waals surface area contributed by atoms with Gasteiger partial charge in [0.1, 0.15) is 0 Å². The summed E-state index contributed by atoms with van der Waals surface area (Å²) in [6.07, 6.45) is 0.272. The van der Waals surface area contributed by atoms with Gasteiger partial charge in [-0.2, -0.15) is 0 Å². The first-order valence-corrected chi connectivity index (χ1v) is 6.81. The summed E-state index contributed by atoms with van der Waals surface area (Å²) >= 11 is 0. The van der Waals surface area contributed by atoms with Crippen molar-refractivity contribution in [2.75, 3.05) is 14.2 Å². The Morgan fingerprint density at radius 3 is 2.60 bits per heavy atom. The molecule has 0 fully saturated rings. The number of nitrogens with one attached hydrogen (secondary N) is 2. The van der Waals surface area contributed by atoms with Gasteiger partial charge >= 0.3 is 0 Å². The summed E-state index contributed by atoms with van der Waals surface area (Å²) in [6.45, 7) is 2.59. The zero-order chi connectivity index (χ0) is 14.5. The van der Waals surface area contributed by atoms with E-state index in [1.165, 1.54) is 11.1 Å². The van der Waals surface area contributed by atoms with Crippen LogP contribution in [0.1, 0.15) is 18.1 Å². The van der Waals surface area contributed by atoms with Gasteiger partial charge in [0.05, 0.1) is 12.1 Å². The van der Waals surface area contributed by atoms with Crippen molar-refractivity contribution in [2.24, 2.45) is 0 Å². The van der Waals surface area contributed by atoms with Crippen molar-refractivity contribution in [3.05, 3.63) is 35.4 Å². The van der Waals surface area contributed by atoms with Crippen molar-refractivity contribution in [2.45, 2.75) is 38.3 Å². The van der Waals surface area contributed by atoms with E-state index in [4.69, 9.17) is 9.47 Å². The second kappa shape index (κ2) is 6.83. The molecule has 5 nitrogen and oxygen atoms in total. The fourth-order valence-electron chi connectivity index (χ4n) is 2.54. The Balaban J connectivity index is 1.95. The number of methoxy groups -OCH3 is 2. The van der Waals surface area contributed by atoms with Gasteiger partial charge in [-0.1, -0.05) is 24.3 Å². The molecule has 0 saturated carbocycles. The average molecular weight is 278 g/mol. The number of benzene rings is 1. The Morgan fingerprint density at radius 1 is 1.30 bits per heavy atom. The number of hydrogen-bond donors (Lipinski definition) is 2. The molecule has 0 saturated heterocycles. The molecule has 2 unspecified atom stereocenters. The van der Waals surface area contributed by atoms with Gasteiger partial charge < -0.3 is 20.1 Å². The van der Waals surface area contributed by atoms with Gasteiger partial charge in [-0.05, 0) is 24.5 Å². The number of carbonyl (C=O) groups is 1. The van der Waals surface area contributed by atoms with Crippen molar-refractivity contribution in [1.29, 1.82) is 0 Å². The van der Waals surface area contributed by atoms with Crippen molar-refractivity contribution in [3.8, 4) is 0 Å². The minimum Gasteiger partial charge on any atom is -0.354 e. The van der Waals surface area contributed by atoms with E-state index in [2.05, 4.69) is 22.8 Å². The van der Waals surface area contributed by atoms with E-state index >= 15 is 0 Å². The topological polar surface area (TPSA) is 59.6 Å². The first-order chi connectivity index (χ1) is 9.65. The highest BCUT2D eigenvalue weighted by molar-refractivity contribution is 5.82. The monoisotopic (exact) mass is 278 g/mol. The van der Waals surface area contributed by atoms with Crippen LogP contribution in [0.15, 0.2) is 24.3 Å². The van der Waals surface area contributed by atoms with Crippen LogP contribution in [0.4, 0.5) is 0 Å². The van der Waals surface area contributed by atoms with E-state index in [0.29, 0.717) is 6.42 Å². The maximum absolute atomic E-state index is 12.3. The van der Waals surface area contributed by atoms with E-state index in [0.717, 1.165) is 6.54 Å². The van der Waals surface area contributed by atoms with Gasteiger partial charge in [0.15, 0.2) is 6.29 Å². The van der Waals surface area contributed by atoms with Crippen LogP contribution < -0.4 is 10.6 Å². The third-order valence-electron chi connectivity index (χ3n) is 3.64. The largest absolute Gasteiger partial charge is 0.354 e. The Hall–Kier alpha value is -1.43. The third kappa shape index (κ3) is 3.36. The molecule has 1 amide bonds. The Kier molecular flexibility index (Phi) is 5.11. The molecular formula is C15H22N2O3. The second-order valence-electron chi connectivity index (χ2n) is 5.04. The lowest BCUT2D eigenvalue weighted by Crippen LogP contribution is -2.52. The predicted octanol–water partition coefficient (Wildman–Crippen LogP) is 0.824. The van der Waals surface area contributed by atoms with Gasteiger partial charge in [0, 0.05) is 20.8 Å². The van der Waals surface area contributed by atoms with Crippen LogP contribution in [-0.4, -0.2) is 38.5 Å². The average Bonchev–Trinajstić information content (AvgIpc) is 2.48. The molecule has 1 aromatic carbocycles. The lowest BCUT2D eigenvalue weighted by Gasteiger charge is -2.28. The summed E-state index contributed by atoms with van der Waals surface area (Å²) in [5.41, 5.74) is 2.49. The number of rotatable bonds is 5. The highest BCUT2D eigenvalue weighted by Gasteiger charge is 2.26. The first kappa shape index (κ1) is 15.0. The predicted molar refractivity (Wildman–Crippen MR) is 76.2 cm³/mol. The number of fused-ring (bicyclic) bond motifs is 1. The van der Waals surface area contributed by atoms with Gasteiger partial charge in [-0.15, -0.1) is 0 Å². The summed E-state index contributed by atoms with van der Waals surface area (Å²) in [5, 5.41) is 6.19. The molecule has 2 N–H and O–H groups in total. The van der Waals surface area contributed by atoms with Crippen molar-refractivity contribution in [3.63, 3.8) is 0 Å². The van der Waals surface area contributed by atoms with Gasteiger partial charge in [-0.3, -0.25) is 4.79 Å². The highest BCUT2D eigenvalue weighted by Crippen LogP contribution is 2.16. The lowest BCUT2D eigenvalue weighted by molar-refractivity contribution is -0.137. The summed E-state index contributed by atoms with van der Waals surface area (Å²) < 4.78 is 10.3. The molecule has 0 spiro atoms. The molecule has 0 bridgehead atoms. The minimum atomic E-state index is -0.435. The fourth-order valence-corrected chi connectivity index (χ4v) is 2.54. The molecule has 5 heteroatoms. The lowest BCUT2D eigenvalue weighted by atomic mass is 9.95. The Labute approximate surface area is 119 Å². The van der Waals surface area contributed by atoms with Crippen molar-refractivity contribution >= 4 is 5.91 Å². The zero-order valence-electron chi connectivity index (χ0n) is 12.2. The van der Waals surface area contributed by atoms with Crippen molar-refractivity contribution < 1.29 is 14.3 Å². The van der Waals surface area contributed by atoms with Crippen molar-refractivity contribution in [1.82, 2.24) is 10.6 Å². The van der Waals surface area contributed by atoms with Crippen LogP contribution in [0, 0.1) is 0 Å². The highest BCUT2D eigenvalue weighted by atomic mass is 16.7. The van der Waals surface area contributed by atoms with Gasteiger partial charge in [0.2, 0.25) is 5.91 Å². The molecular weight excluding hydrogens is 256 g/mol. The molecule has 1 aromatic rings. The molecule has 2 rings (SSSR count). The maximum Gasteiger partial charge on any atom is 0.237 e. The summed E-state index contributed by atoms with van der Waals surface area (Å²) in [6, 6.07) is 7.79. The molecule has 1 aliphatic heterocycles. The zero-order valence-corrected chi connectivity index (χ0v) is 12.2. The number of ether oxygens (including phenoxy) is 2. The summed E-state index contributed by atoms with van der Waals surface area (Å²) in [5.74, 6) is -0.0221. The minimum absolute atomic E-state index is 0.0221. The first-order valence-electron chi connectivity index (χ1n) is 6.81. The molecule has 1 aliphatic rings. The van der Waals surface area contributed by atoms with Crippen LogP contribution in [0.25, 0.3) is 0 Å². The Morgan fingerprint density at radius 2 is 1.95 bits per heavy atom. The maximum atomic E-state index is 12.3. The number of amides is 1. The molecule has 0 aromatic heterocycles. The van der Waals surface area contributed by atoms with Crippen LogP contribution in [-0.2, 0) is 27.2 Å². The van der Waals surface area contributed by atoms with E-state index < -0.39 is 6.29 Å². The van der Waals surface area contributed by atoms with Gasteiger partial charge in [0.25, 0.3) is 0 Å². The molecule has 1 heterocycles. The van der Waals surface area contributed by atoms with E-state index in [1.54, 1.807) is 14.2 Å². The standard InChI is InChI=1S/C15H22N2O3/c1-10(15(19-2)20-3)17-14(18)13-8-11-6-4-5-7-12(11)9-16-13/h4-7,10,13,15-16H,8-9H2,1-3H3,(H,17,18). The number of carbonyl (C=O) groups excluding carboxylic acids is 1. The summed E-state index contributed by atoms with van der Waals surface area (Å²) in [4.78, 5) is 12.3. The third-order valence-corrected chi connectivity index (χ3v) is 3.64. The summed E-state index contributed by atoms with van der Waals surface area (Å²) in [7, 11) is 3.12. The molecule has 0 aliphatic carbocycles. The quantitative estimate of drug-likeness (QED) is 0.783. The fraction of sp³-hybridized carbons (Fsp3) is 0.533. The SMILES string of the molecule is COC(OC)C(C)NC(=O)C1Cc2ccccc2CN1. The van der Waals surface area contributed by atoms with E-state index in [9.17, 15) is 4.79 Å². The molecule has 2 atom stereocenters. The van der Waals surface area contributed by atoms with E-state index in [-0.39, 0.29) is 18.0 Å². The van der Waals surface area contributed by atoms with Crippen LogP contribution >= 0.6 is 0 Å². The number of hydrogen-bond acceptors (Lipinski definition) is 4. The second-order valence-corrected chi connectivity index (χ2v) is 5.04. The molecule has 0 radical (unpaired) electrons. The van der Waals surface area contributed by atoms with Gasteiger partial charge in [-0.25, -0.2) is 0 Å². The van der Waals surface area contributed by atoms with E-state index in [1.807, 2.05) is 19.1 Å². The van der Waals surface area contributed by atoms with Crippen LogP contribution in [0.3, 0.4) is 0 Å². The van der Waals surface area contributed by atoms with Crippen LogP contribution in [0.2, 0.25) is 0 Å².